The molecule has 0 aliphatic rings. The van der Waals surface area contributed by atoms with E-state index in [1.165, 1.54) is 0 Å². The van der Waals surface area contributed by atoms with Crippen LogP contribution in [0.2, 0.25) is 0 Å². The average molecular weight is 336 g/mol. The molecule has 0 saturated heterocycles. The minimum absolute atomic E-state index is 0.354. The summed E-state index contributed by atoms with van der Waals surface area (Å²) < 4.78 is 24.8. The molecule has 18 heavy (non-hydrogen) atoms. The minimum atomic E-state index is -3.91. The molecule has 0 aliphatic heterocycles. The van der Waals surface area contributed by atoms with Crippen molar-refractivity contribution in [1.29, 1.82) is 0 Å². The maximum atomic E-state index is 12.0. The van der Waals surface area contributed by atoms with Gasteiger partial charge in [-0.2, -0.15) is 0 Å². The normalized spacial score (nSPS) is 14.9. The van der Waals surface area contributed by atoms with E-state index in [1.807, 2.05) is 5.32 Å². The molecule has 100 valence electrons. The quantitative estimate of drug-likeness (QED) is 0.809. The van der Waals surface area contributed by atoms with Crippen LogP contribution in [0.3, 0.4) is 0 Å². The van der Waals surface area contributed by atoms with Crippen molar-refractivity contribution < 1.29 is 18.3 Å². The highest BCUT2D eigenvalue weighted by molar-refractivity contribution is 9.10. The zero-order valence-corrected chi connectivity index (χ0v) is 12.4. The SMILES string of the molecule is CC(=O)NC(C)(O)S(=O)(=O)Cc1ccc(Br)cc1. The summed E-state index contributed by atoms with van der Waals surface area (Å²) in [6.07, 6.45) is 0. The van der Waals surface area contributed by atoms with E-state index in [0.717, 1.165) is 18.3 Å². The number of hydrogen-bond acceptors (Lipinski definition) is 4. The third-order valence-electron chi connectivity index (χ3n) is 2.28. The summed E-state index contributed by atoms with van der Waals surface area (Å²) in [6.45, 7) is 2.19. The number of sulfone groups is 1. The molecule has 7 heteroatoms. The number of hydrogen-bond donors (Lipinski definition) is 2. The molecule has 1 unspecified atom stereocenters. The number of carbonyl (C=O) groups is 1. The van der Waals surface area contributed by atoms with Crippen molar-refractivity contribution in [3.63, 3.8) is 0 Å². The number of halogens is 1. The second-order valence-corrected chi connectivity index (χ2v) is 7.28. The van der Waals surface area contributed by atoms with E-state index in [9.17, 15) is 18.3 Å². The fraction of sp³-hybridized carbons (Fsp3) is 0.364. The second-order valence-electron chi connectivity index (χ2n) is 4.05. The Bertz CT molecular complexity index is 537. The molecule has 2 N–H and O–H groups in total. The van der Waals surface area contributed by atoms with Gasteiger partial charge in [-0.05, 0) is 24.6 Å². The molecule has 0 bridgehead atoms. The third kappa shape index (κ3) is 3.79. The summed E-state index contributed by atoms with van der Waals surface area (Å²) in [4.78, 5) is 10.9. The molecular weight excluding hydrogens is 322 g/mol. The van der Waals surface area contributed by atoms with E-state index >= 15 is 0 Å². The van der Waals surface area contributed by atoms with Crippen LogP contribution in [0.25, 0.3) is 0 Å². The highest BCUT2D eigenvalue weighted by Crippen LogP contribution is 2.18. The largest absolute Gasteiger partial charge is 0.359 e. The van der Waals surface area contributed by atoms with Crippen LogP contribution in [0.5, 0.6) is 0 Å². The van der Waals surface area contributed by atoms with Crippen LogP contribution in [-0.2, 0) is 20.4 Å². The third-order valence-corrected chi connectivity index (χ3v) is 4.84. The monoisotopic (exact) mass is 335 g/mol. The number of aliphatic hydroxyl groups is 1. The lowest BCUT2D eigenvalue weighted by atomic mass is 10.2. The van der Waals surface area contributed by atoms with Crippen LogP contribution >= 0.6 is 15.9 Å². The molecule has 5 nitrogen and oxygen atoms in total. The highest BCUT2D eigenvalue weighted by Gasteiger charge is 2.37. The lowest BCUT2D eigenvalue weighted by molar-refractivity contribution is -0.122. The van der Waals surface area contributed by atoms with Crippen LogP contribution in [0.4, 0.5) is 0 Å². The number of carbonyl (C=O) groups excluding carboxylic acids is 1. The standard InChI is InChI=1S/C11H14BrNO4S/c1-8(14)13-11(2,15)18(16,17)7-9-3-5-10(12)6-4-9/h3-6,15H,7H2,1-2H3,(H,13,14). The Labute approximate surface area is 114 Å². The molecule has 0 fully saturated rings. The molecule has 1 rings (SSSR count). The lowest BCUT2D eigenvalue weighted by Crippen LogP contribution is -2.51. The Morgan fingerprint density at radius 3 is 2.33 bits per heavy atom. The van der Waals surface area contributed by atoms with Gasteiger partial charge in [0.05, 0.1) is 5.75 Å². The first kappa shape index (κ1) is 15.1. The smallest absolute Gasteiger partial charge is 0.240 e. The van der Waals surface area contributed by atoms with Gasteiger partial charge in [-0.1, -0.05) is 28.1 Å². The first-order chi connectivity index (χ1) is 8.14. The number of nitrogens with one attached hydrogen (secondary N) is 1. The van der Waals surface area contributed by atoms with Crippen molar-refractivity contribution in [2.45, 2.75) is 24.7 Å². The van der Waals surface area contributed by atoms with Crippen molar-refractivity contribution in [1.82, 2.24) is 5.32 Å². The van der Waals surface area contributed by atoms with Gasteiger partial charge in [-0.25, -0.2) is 8.42 Å². The van der Waals surface area contributed by atoms with E-state index < -0.39 is 20.8 Å². The molecule has 0 radical (unpaired) electrons. The van der Waals surface area contributed by atoms with Gasteiger partial charge in [-0.3, -0.25) is 4.79 Å². The fourth-order valence-corrected chi connectivity index (χ4v) is 2.82. The maximum Gasteiger partial charge on any atom is 0.240 e. The van der Waals surface area contributed by atoms with Crippen molar-refractivity contribution in [3.8, 4) is 0 Å². The molecule has 1 atom stereocenters. The molecular formula is C11H14BrNO4S. The Morgan fingerprint density at radius 2 is 1.89 bits per heavy atom. The van der Waals surface area contributed by atoms with Crippen LogP contribution < -0.4 is 5.32 Å². The Balaban J connectivity index is 2.94. The predicted molar refractivity (Wildman–Crippen MR) is 71.2 cm³/mol. The van der Waals surface area contributed by atoms with Gasteiger partial charge >= 0.3 is 0 Å². The Kier molecular flexibility index (Phi) is 4.52. The minimum Gasteiger partial charge on any atom is -0.359 e. The average Bonchev–Trinajstić information content (AvgIpc) is 2.19. The second kappa shape index (κ2) is 5.38. The first-order valence-electron chi connectivity index (χ1n) is 5.12. The molecule has 0 aliphatic carbocycles. The van der Waals surface area contributed by atoms with Crippen LogP contribution in [0, 0.1) is 0 Å². The van der Waals surface area contributed by atoms with Gasteiger partial charge in [0, 0.05) is 11.4 Å². The van der Waals surface area contributed by atoms with E-state index in [2.05, 4.69) is 15.9 Å². The van der Waals surface area contributed by atoms with Crippen molar-refractivity contribution in [2.24, 2.45) is 0 Å². The van der Waals surface area contributed by atoms with Gasteiger partial charge in [-0.15, -0.1) is 0 Å². The molecule has 1 aromatic carbocycles. The van der Waals surface area contributed by atoms with Crippen LogP contribution in [0.15, 0.2) is 28.7 Å². The summed E-state index contributed by atoms with van der Waals surface area (Å²) in [5.74, 6) is -0.965. The summed E-state index contributed by atoms with van der Waals surface area (Å²) in [6, 6.07) is 6.67. The molecule has 1 amide bonds. The van der Waals surface area contributed by atoms with Gasteiger partial charge in [0.25, 0.3) is 0 Å². The van der Waals surface area contributed by atoms with Gasteiger partial charge < -0.3 is 10.4 Å². The zero-order chi connectivity index (χ0) is 14.0. The predicted octanol–water partition coefficient (Wildman–Crippen LogP) is 1.17. The van der Waals surface area contributed by atoms with Crippen molar-refractivity contribution in [3.05, 3.63) is 34.3 Å². The molecule has 0 heterocycles. The molecule has 0 aromatic heterocycles. The topological polar surface area (TPSA) is 83.5 Å². The first-order valence-corrected chi connectivity index (χ1v) is 7.56. The molecule has 0 spiro atoms. The van der Waals surface area contributed by atoms with Crippen molar-refractivity contribution >= 4 is 31.7 Å². The lowest BCUT2D eigenvalue weighted by Gasteiger charge is -2.23. The van der Waals surface area contributed by atoms with E-state index in [1.54, 1.807) is 24.3 Å². The van der Waals surface area contributed by atoms with E-state index in [0.29, 0.717) is 5.56 Å². The highest BCUT2D eigenvalue weighted by atomic mass is 79.9. The number of rotatable bonds is 4. The zero-order valence-electron chi connectivity index (χ0n) is 9.97. The maximum absolute atomic E-state index is 12.0. The van der Waals surface area contributed by atoms with Crippen LogP contribution in [-0.4, -0.2) is 24.5 Å². The van der Waals surface area contributed by atoms with Crippen LogP contribution in [0.1, 0.15) is 19.4 Å². The summed E-state index contributed by atoms with van der Waals surface area (Å²) in [7, 11) is -3.91. The summed E-state index contributed by atoms with van der Waals surface area (Å²) in [5, 5.41) is 9.54. The number of amides is 1. The Morgan fingerprint density at radius 1 is 1.39 bits per heavy atom. The van der Waals surface area contributed by atoms with Gasteiger partial charge in [0.2, 0.25) is 20.8 Å². The summed E-state index contributed by atoms with van der Waals surface area (Å²) in [5.41, 5.74) is 0.531. The van der Waals surface area contributed by atoms with Gasteiger partial charge in [0.1, 0.15) is 0 Å². The van der Waals surface area contributed by atoms with E-state index in [-0.39, 0.29) is 5.75 Å². The van der Waals surface area contributed by atoms with Gasteiger partial charge in [0.15, 0.2) is 0 Å². The molecule has 1 aromatic rings. The van der Waals surface area contributed by atoms with E-state index in [4.69, 9.17) is 0 Å². The van der Waals surface area contributed by atoms with Crippen molar-refractivity contribution in [2.75, 3.05) is 0 Å². The fourth-order valence-electron chi connectivity index (χ4n) is 1.34. The summed E-state index contributed by atoms with van der Waals surface area (Å²) >= 11 is 3.24. The Hall–Kier alpha value is -0.920. The molecule has 0 saturated carbocycles. The number of benzene rings is 1.